The Labute approximate surface area is 158 Å². The van der Waals surface area contributed by atoms with Crippen molar-refractivity contribution >= 4 is 22.8 Å². The van der Waals surface area contributed by atoms with Gasteiger partial charge in [0.2, 0.25) is 0 Å². The summed E-state index contributed by atoms with van der Waals surface area (Å²) in [6.07, 6.45) is 4.28. The van der Waals surface area contributed by atoms with Crippen LogP contribution in [0.5, 0.6) is 5.75 Å². The standard InChI is InChI=1S/C19H24N6O2/c1-3-7-21-18-16-11-24-25(19(16)23-13-22-18)9-8-20-17(26)12-27-15-6-4-5-14(2)10-15/h4-6,10-11,13H,3,7-9,12H2,1-2H3,(H,20,26)(H,21,22,23). The lowest BCUT2D eigenvalue weighted by Crippen LogP contribution is -2.31. The molecule has 1 aromatic carbocycles. The van der Waals surface area contributed by atoms with Crippen LogP contribution in [0.3, 0.4) is 0 Å². The number of ether oxygens (including phenoxy) is 1. The number of aryl methyl sites for hydroxylation is 1. The molecule has 0 saturated carbocycles. The first-order valence-electron chi connectivity index (χ1n) is 9.04. The van der Waals surface area contributed by atoms with Gasteiger partial charge in [-0.2, -0.15) is 5.10 Å². The molecular weight excluding hydrogens is 344 g/mol. The van der Waals surface area contributed by atoms with Gasteiger partial charge in [0, 0.05) is 13.1 Å². The van der Waals surface area contributed by atoms with Gasteiger partial charge in [0.25, 0.3) is 5.91 Å². The maximum atomic E-state index is 12.0. The fourth-order valence-electron chi connectivity index (χ4n) is 2.65. The predicted octanol–water partition coefficient (Wildman–Crippen LogP) is 2.15. The van der Waals surface area contributed by atoms with Crippen molar-refractivity contribution in [3.63, 3.8) is 0 Å². The van der Waals surface area contributed by atoms with E-state index in [4.69, 9.17) is 4.74 Å². The molecule has 0 bridgehead atoms. The summed E-state index contributed by atoms with van der Waals surface area (Å²) < 4.78 is 7.26. The predicted molar refractivity (Wildman–Crippen MR) is 104 cm³/mol. The molecule has 0 aliphatic rings. The number of aromatic nitrogens is 4. The highest BCUT2D eigenvalue weighted by Gasteiger charge is 2.10. The molecular formula is C19H24N6O2. The maximum absolute atomic E-state index is 12.0. The molecule has 3 aromatic rings. The van der Waals surface area contributed by atoms with Crippen molar-refractivity contribution in [2.75, 3.05) is 25.0 Å². The summed E-state index contributed by atoms with van der Waals surface area (Å²) in [5.74, 6) is 1.30. The second-order valence-electron chi connectivity index (χ2n) is 6.21. The highest BCUT2D eigenvalue weighted by atomic mass is 16.5. The van der Waals surface area contributed by atoms with E-state index < -0.39 is 0 Å². The van der Waals surface area contributed by atoms with Crippen LogP contribution in [0.2, 0.25) is 0 Å². The summed E-state index contributed by atoms with van der Waals surface area (Å²) in [4.78, 5) is 20.5. The Balaban J connectivity index is 1.50. The highest BCUT2D eigenvalue weighted by molar-refractivity contribution is 5.86. The molecule has 8 heteroatoms. The number of rotatable bonds is 9. The van der Waals surface area contributed by atoms with Crippen LogP contribution in [0.15, 0.2) is 36.8 Å². The van der Waals surface area contributed by atoms with Crippen LogP contribution >= 0.6 is 0 Å². The van der Waals surface area contributed by atoms with Gasteiger partial charge in [0.1, 0.15) is 17.9 Å². The average molecular weight is 368 g/mol. The van der Waals surface area contributed by atoms with E-state index in [1.54, 1.807) is 10.9 Å². The molecule has 0 radical (unpaired) electrons. The Hall–Kier alpha value is -3.16. The summed E-state index contributed by atoms with van der Waals surface area (Å²) in [7, 11) is 0. The Morgan fingerprint density at radius 3 is 2.96 bits per heavy atom. The molecule has 0 aliphatic heterocycles. The van der Waals surface area contributed by atoms with E-state index in [1.807, 2.05) is 31.2 Å². The summed E-state index contributed by atoms with van der Waals surface area (Å²) in [5, 5.41) is 11.3. The molecule has 0 atom stereocenters. The normalized spacial score (nSPS) is 10.7. The maximum Gasteiger partial charge on any atom is 0.258 e. The van der Waals surface area contributed by atoms with E-state index in [1.165, 1.54) is 6.33 Å². The van der Waals surface area contributed by atoms with E-state index in [0.717, 1.165) is 35.4 Å². The molecule has 2 aromatic heterocycles. The van der Waals surface area contributed by atoms with Crippen molar-refractivity contribution in [3.8, 4) is 5.75 Å². The zero-order valence-electron chi connectivity index (χ0n) is 15.6. The van der Waals surface area contributed by atoms with Crippen LogP contribution in [0.1, 0.15) is 18.9 Å². The summed E-state index contributed by atoms with van der Waals surface area (Å²) in [6.45, 7) is 5.86. The summed E-state index contributed by atoms with van der Waals surface area (Å²) in [5.41, 5.74) is 1.84. The number of carbonyl (C=O) groups excluding carboxylic acids is 1. The van der Waals surface area contributed by atoms with E-state index in [2.05, 4.69) is 32.6 Å². The summed E-state index contributed by atoms with van der Waals surface area (Å²) >= 11 is 0. The zero-order chi connectivity index (χ0) is 19.1. The van der Waals surface area contributed by atoms with Gasteiger partial charge in [-0.05, 0) is 31.0 Å². The molecule has 0 spiro atoms. The van der Waals surface area contributed by atoms with E-state index in [9.17, 15) is 4.79 Å². The molecule has 2 N–H and O–H groups in total. The molecule has 27 heavy (non-hydrogen) atoms. The van der Waals surface area contributed by atoms with Crippen LogP contribution < -0.4 is 15.4 Å². The van der Waals surface area contributed by atoms with Crippen LogP contribution in [0.4, 0.5) is 5.82 Å². The first-order chi connectivity index (χ1) is 13.2. The molecule has 8 nitrogen and oxygen atoms in total. The SMILES string of the molecule is CCCNc1ncnc2c1cnn2CCNC(=O)COc1cccc(C)c1. The van der Waals surface area contributed by atoms with Gasteiger partial charge in [-0.15, -0.1) is 0 Å². The number of amides is 1. The number of nitrogens with zero attached hydrogens (tertiary/aromatic N) is 4. The fraction of sp³-hybridized carbons (Fsp3) is 0.368. The number of benzene rings is 1. The van der Waals surface area contributed by atoms with Crippen LogP contribution in [-0.2, 0) is 11.3 Å². The minimum atomic E-state index is -0.173. The molecule has 0 aliphatic carbocycles. The van der Waals surface area contributed by atoms with Crippen LogP contribution in [-0.4, -0.2) is 45.4 Å². The number of anilines is 1. The average Bonchev–Trinajstić information content (AvgIpc) is 3.08. The topological polar surface area (TPSA) is 94.0 Å². The number of fused-ring (bicyclic) bond motifs is 1. The highest BCUT2D eigenvalue weighted by Crippen LogP contribution is 2.18. The van der Waals surface area contributed by atoms with Gasteiger partial charge in [0.15, 0.2) is 12.3 Å². The first kappa shape index (κ1) is 18.6. The Morgan fingerprint density at radius 1 is 1.26 bits per heavy atom. The number of hydrogen-bond donors (Lipinski definition) is 2. The van der Waals surface area contributed by atoms with Crippen molar-refractivity contribution in [1.29, 1.82) is 0 Å². The van der Waals surface area contributed by atoms with Gasteiger partial charge in [-0.25, -0.2) is 14.6 Å². The molecule has 0 fully saturated rings. The molecule has 0 saturated heterocycles. The van der Waals surface area contributed by atoms with Crippen LogP contribution in [0, 0.1) is 6.92 Å². The minimum Gasteiger partial charge on any atom is -0.484 e. The van der Waals surface area contributed by atoms with E-state index in [0.29, 0.717) is 18.8 Å². The van der Waals surface area contributed by atoms with Crippen molar-refractivity contribution < 1.29 is 9.53 Å². The van der Waals surface area contributed by atoms with Crippen molar-refractivity contribution in [1.82, 2.24) is 25.1 Å². The van der Waals surface area contributed by atoms with Gasteiger partial charge in [-0.1, -0.05) is 19.1 Å². The van der Waals surface area contributed by atoms with Crippen molar-refractivity contribution in [2.45, 2.75) is 26.8 Å². The van der Waals surface area contributed by atoms with Gasteiger partial charge >= 0.3 is 0 Å². The molecule has 2 heterocycles. The lowest BCUT2D eigenvalue weighted by molar-refractivity contribution is -0.123. The molecule has 0 unspecified atom stereocenters. The quantitative estimate of drug-likeness (QED) is 0.601. The van der Waals surface area contributed by atoms with Gasteiger partial charge in [-0.3, -0.25) is 4.79 Å². The Kier molecular flexibility index (Phi) is 6.19. The largest absolute Gasteiger partial charge is 0.484 e. The minimum absolute atomic E-state index is 0.0173. The van der Waals surface area contributed by atoms with Crippen molar-refractivity contribution in [2.24, 2.45) is 0 Å². The van der Waals surface area contributed by atoms with E-state index in [-0.39, 0.29) is 12.5 Å². The number of carbonyl (C=O) groups is 1. The van der Waals surface area contributed by atoms with Gasteiger partial charge < -0.3 is 15.4 Å². The van der Waals surface area contributed by atoms with Crippen LogP contribution in [0.25, 0.3) is 11.0 Å². The third-order valence-electron chi connectivity index (χ3n) is 3.98. The summed E-state index contributed by atoms with van der Waals surface area (Å²) in [6, 6.07) is 7.61. The third kappa shape index (κ3) is 4.93. The number of nitrogens with one attached hydrogen (secondary N) is 2. The second kappa shape index (κ2) is 8.98. The third-order valence-corrected chi connectivity index (χ3v) is 3.98. The molecule has 1 amide bonds. The lowest BCUT2D eigenvalue weighted by Gasteiger charge is -2.09. The molecule has 142 valence electrons. The molecule has 3 rings (SSSR count). The second-order valence-corrected chi connectivity index (χ2v) is 6.21. The Morgan fingerprint density at radius 2 is 2.15 bits per heavy atom. The fourth-order valence-corrected chi connectivity index (χ4v) is 2.65. The first-order valence-corrected chi connectivity index (χ1v) is 9.04. The monoisotopic (exact) mass is 368 g/mol. The van der Waals surface area contributed by atoms with E-state index >= 15 is 0 Å². The Bertz CT molecular complexity index is 908. The lowest BCUT2D eigenvalue weighted by atomic mass is 10.2. The van der Waals surface area contributed by atoms with Gasteiger partial charge in [0.05, 0.1) is 18.1 Å². The zero-order valence-corrected chi connectivity index (χ0v) is 15.6. The van der Waals surface area contributed by atoms with Crippen molar-refractivity contribution in [3.05, 3.63) is 42.4 Å². The smallest absolute Gasteiger partial charge is 0.258 e. The number of hydrogen-bond acceptors (Lipinski definition) is 6.